The largest absolute Gasteiger partial charge is 0.449 e. The summed E-state index contributed by atoms with van der Waals surface area (Å²) >= 11 is 11.8. The number of carbonyl (C=O) groups is 3. The number of ketones is 1. The van der Waals surface area contributed by atoms with Crippen LogP contribution in [0.15, 0.2) is 42.5 Å². The molecule has 130 valence electrons. The van der Waals surface area contributed by atoms with Gasteiger partial charge in [-0.25, -0.2) is 4.79 Å². The number of ether oxygens (including phenoxy) is 1. The van der Waals surface area contributed by atoms with Crippen LogP contribution < -0.4 is 5.32 Å². The van der Waals surface area contributed by atoms with Gasteiger partial charge < -0.3 is 10.1 Å². The van der Waals surface area contributed by atoms with Gasteiger partial charge in [0.15, 0.2) is 11.9 Å². The van der Waals surface area contributed by atoms with E-state index >= 15 is 0 Å². The predicted octanol–water partition coefficient (Wildman–Crippen LogP) is 4.38. The molecule has 0 heterocycles. The number of benzene rings is 2. The zero-order chi connectivity index (χ0) is 18.6. The minimum Gasteiger partial charge on any atom is -0.449 e. The number of hydrogen-bond acceptors (Lipinski definition) is 4. The van der Waals surface area contributed by atoms with Gasteiger partial charge in [-0.15, -0.1) is 0 Å². The molecule has 0 aliphatic rings. The van der Waals surface area contributed by atoms with E-state index in [1.165, 1.54) is 19.9 Å². The lowest BCUT2D eigenvalue weighted by Crippen LogP contribution is -2.30. The van der Waals surface area contributed by atoms with E-state index in [0.29, 0.717) is 11.3 Å². The van der Waals surface area contributed by atoms with E-state index in [9.17, 15) is 14.4 Å². The maximum absolute atomic E-state index is 12.2. The van der Waals surface area contributed by atoms with Gasteiger partial charge >= 0.3 is 5.97 Å². The molecule has 0 fully saturated rings. The third kappa shape index (κ3) is 4.81. The number of hydrogen-bond donors (Lipinski definition) is 1. The molecule has 2 rings (SSSR count). The van der Waals surface area contributed by atoms with E-state index < -0.39 is 18.0 Å². The quantitative estimate of drug-likeness (QED) is 0.617. The summed E-state index contributed by atoms with van der Waals surface area (Å²) < 4.78 is 5.12. The zero-order valence-corrected chi connectivity index (χ0v) is 15.0. The Labute approximate surface area is 154 Å². The molecule has 0 spiro atoms. The van der Waals surface area contributed by atoms with Crippen LogP contribution in [0, 0.1) is 0 Å². The summed E-state index contributed by atoms with van der Waals surface area (Å²) in [5, 5.41) is 2.87. The summed E-state index contributed by atoms with van der Waals surface area (Å²) in [5.74, 6) is -1.41. The van der Waals surface area contributed by atoms with E-state index in [2.05, 4.69) is 5.32 Å². The van der Waals surface area contributed by atoms with Gasteiger partial charge in [0.05, 0.1) is 15.6 Å². The molecule has 1 amide bonds. The van der Waals surface area contributed by atoms with Crippen LogP contribution in [-0.4, -0.2) is 23.8 Å². The Morgan fingerprint density at radius 1 is 1.08 bits per heavy atom. The predicted molar refractivity (Wildman–Crippen MR) is 96.4 cm³/mol. The average molecular weight is 380 g/mol. The molecule has 1 N–H and O–H groups in total. The summed E-state index contributed by atoms with van der Waals surface area (Å²) in [7, 11) is 0. The number of Topliss-reactive ketones (excluding diaryl/α,β-unsaturated/α-hetero) is 1. The van der Waals surface area contributed by atoms with Crippen molar-refractivity contribution in [1.82, 2.24) is 0 Å². The molecule has 5 nitrogen and oxygen atoms in total. The molecule has 0 saturated carbocycles. The Morgan fingerprint density at radius 2 is 1.76 bits per heavy atom. The fraction of sp³-hybridized carbons (Fsp3) is 0.167. The first kappa shape index (κ1) is 19.0. The normalized spacial score (nSPS) is 11.5. The molecule has 0 saturated heterocycles. The van der Waals surface area contributed by atoms with Crippen molar-refractivity contribution in [3.63, 3.8) is 0 Å². The highest BCUT2D eigenvalue weighted by Crippen LogP contribution is 2.26. The number of amides is 1. The van der Waals surface area contributed by atoms with Crippen LogP contribution in [0.5, 0.6) is 0 Å². The molecule has 1 unspecified atom stereocenters. The molecule has 1 atom stereocenters. The smallest absolute Gasteiger partial charge is 0.340 e. The number of rotatable bonds is 5. The van der Waals surface area contributed by atoms with E-state index in [4.69, 9.17) is 27.9 Å². The fourth-order valence-electron chi connectivity index (χ4n) is 2.00. The van der Waals surface area contributed by atoms with Gasteiger partial charge in [0.1, 0.15) is 0 Å². The maximum atomic E-state index is 12.2. The summed E-state index contributed by atoms with van der Waals surface area (Å²) in [5.41, 5.74) is 0.974. The number of carbonyl (C=O) groups excluding carboxylic acids is 3. The van der Waals surface area contributed by atoms with Crippen molar-refractivity contribution in [3.05, 3.63) is 63.6 Å². The number of anilines is 1. The van der Waals surface area contributed by atoms with Gasteiger partial charge in [0, 0.05) is 11.3 Å². The second kappa shape index (κ2) is 8.14. The third-order valence-corrected chi connectivity index (χ3v) is 4.18. The van der Waals surface area contributed by atoms with Crippen LogP contribution in [0.3, 0.4) is 0 Å². The van der Waals surface area contributed by atoms with Gasteiger partial charge in [-0.3, -0.25) is 9.59 Å². The lowest BCUT2D eigenvalue weighted by Gasteiger charge is -2.14. The Morgan fingerprint density at radius 3 is 2.44 bits per heavy atom. The lowest BCUT2D eigenvalue weighted by atomic mass is 10.1. The summed E-state index contributed by atoms with van der Waals surface area (Å²) in [6.45, 7) is 2.86. The molecule has 0 aliphatic heterocycles. The minimum atomic E-state index is -1.07. The van der Waals surface area contributed by atoms with Crippen molar-refractivity contribution in [3.8, 4) is 0 Å². The van der Waals surface area contributed by atoms with Crippen molar-refractivity contribution in [2.75, 3.05) is 5.32 Å². The highest BCUT2D eigenvalue weighted by molar-refractivity contribution is 6.43. The zero-order valence-electron chi connectivity index (χ0n) is 13.5. The Hall–Kier alpha value is -2.37. The second-order valence-electron chi connectivity index (χ2n) is 5.28. The van der Waals surface area contributed by atoms with Crippen molar-refractivity contribution in [1.29, 1.82) is 0 Å². The second-order valence-corrected chi connectivity index (χ2v) is 6.06. The average Bonchev–Trinajstić information content (AvgIpc) is 2.57. The Bertz CT molecular complexity index is 836. The van der Waals surface area contributed by atoms with E-state index in [1.54, 1.807) is 36.4 Å². The molecule has 0 bridgehead atoms. The molecule has 0 aliphatic carbocycles. The standard InChI is InChI=1S/C18H15Cl2NO4/c1-10(22)12-5-3-6-13(9-12)21-17(23)11(2)25-18(24)14-7-4-8-15(19)16(14)20/h3-9,11H,1-2H3,(H,21,23). The summed E-state index contributed by atoms with van der Waals surface area (Å²) in [4.78, 5) is 35.7. The molecule has 0 radical (unpaired) electrons. The molecule has 2 aromatic rings. The van der Waals surface area contributed by atoms with Crippen LogP contribution in [-0.2, 0) is 9.53 Å². The highest BCUT2D eigenvalue weighted by Gasteiger charge is 2.21. The van der Waals surface area contributed by atoms with Crippen molar-refractivity contribution >= 4 is 46.5 Å². The van der Waals surface area contributed by atoms with Crippen LogP contribution >= 0.6 is 23.2 Å². The summed E-state index contributed by atoms with van der Waals surface area (Å²) in [6.07, 6.45) is -1.07. The van der Waals surface area contributed by atoms with Crippen LogP contribution in [0.2, 0.25) is 10.0 Å². The molecule has 0 aromatic heterocycles. The Kier molecular flexibility index (Phi) is 6.17. The first-order chi connectivity index (χ1) is 11.8. The fourth-order valence-corrected chi connectivity index (χ4v) is 2.38. The molecular formula is C18H15Cl2NO4. The van der Waals surface area contributed by atoms with Gasteiger partial charge in [0.25, 0.3) is 5.91 Å². The third-order valence-electron chi connectivity index (χ3n) is 3.36. The van der Waals surface area contributed by atoms with Gasteiger partial charge in [0.2, 0.25) is 0 Å². The highest BCUT2D eigenvalue weighted by atomic mass is 35.5. The number of halogens is 2. The number of esters is 1. The molecule has 7 heteroatoms. The molecule has 25 heavy (non-hydrogen) atoms. The molecular weight excluding hydrogens is 365 g/mol. The summed E-state index contributed by atoms with van der Waals surface area (Å²) in [6, 6.07) is 11.0. The van der Waals surface area contributed by atoms with Crippen LogP contribution in [0.1, 0.15) is 34.6 Å². The van der Waals surface area contributed by atoms with Gasteiger partial charge in [-0.05, 0) is 38.1 Å². The molecule has 2 aromatic carbocycles. The van der Waals surface area contributed by atoms with E-state index in [-0.39, 0.29) is 21.4 Å². The maximum Gasteiger partial charge on any atom is 0.340 e. The lowest BCUT2D eigenvalue weighted by molar-refractivity contribution is -0.123. The Balaban J connectivity index is 2.05. The topological polar surface area (TPSA) is 72.5 Å². The van der Waals surface area contributed by atoms with Gasteiger partial charge in [-0.1, -0.05) is 41.4 Å². The number of nitrogens with one attached hydrogen (secondary N) is 1. The first-order valence-electron chi connectivity index (χ1n) is 7.36. The van der Waals surface area contributed by atoms with Crippen LogP contribution in [0.4, 0.5) is 5.69 Å². The van der Waals surface area contributed by atoms with Crippen molar-refractivity contribution in [2.45, 2.75) is 20.0 Å². The van der Waals surface area contributed by atoms with Crippen molar-refractivity contribution < 1.29 is 19.1 Å². The monoisotopic (exact) mass is 379 g/mol. The van der Waals surface area contributed by atoms with Gasteiger partial charge in [-0.2, -0.15) is 0 Å². The van der Waals surface area contributed by atoms with E-state index in [0.717, 1.165) is 0 Å². The van der Waals surface area contributed by atoms with E-state index in [1.807, 2.05) is 0 Å². The first-order valence-corrected chi connectivity index (χ1v) is 8.12. The SMILES string of the molecule is CC(=O)c1cccc(NC(=O)C(C)OC(=O)c2cccc(Cl)c2Cl)c1. The van der Waals surface area contributed by atoms with Crippen LogP contribution in [0.25, 0.3) is 0 Å². The minimum absolute atomic E-state index is 0.0657. The van der Waals surface area contributed by atoms with Crippen molar-refractivity contribution in [2.24, 2.45) is 0 Å².